The maximum Gasteiger partial charge on any atom is 0.348 e. The van der Waals surface area contributed by atoms with Gasteiger partial charge in [0, 0.05) is 12.4 Å². The fraction of sp³-hybridized carbons (Fsp3) is 0.167. The summed E-state index contributed by atoms with van der Waals surface area (Å²) in [6, 6.07) is 29.0. The monoisotopic (exact) mass is 406 g/mol. The Labute approximate surface area is 171 Å². The first-order valence-electron chi connectivity index (χ1n) is 9.52. The van der Waals surface area contributed by atoms with Crippen LogP contribution in [0.25, 0.3) is 0 Å². The van der Waals surface area contributed by atoms with Crippen molar-refractivity contribution in [3.63, 3.8) is 0 Å². The lowest BCUT2D eigenvalue weighted by atomic mass is 10.3. The molecular weight excluding hydrogens is 383 g/mol. The number of esters is 1. The third-order valence-electron chi connectivity index (χ3n) is 4.88. The van der Waals surface area contributed by atoms with Gasteiger partial charge in [-0.1, -0.05) is 54.6 Å². The summed E-state index contributed by atoms with van der Waals surface area (Å²) in [6.07, 6.45) is -0.411. The van der Waals surface area contributed by atoms with Crippen molar-refractivity contribution in [1.82, 2.24) is 0 Å². The lowest BCUT2D eigenvalue weighted by molar-refractivity contribution is -0.305. The summed E-state index contributed by atoms with van der Waals surface area (Å²) >= 11 is 0. The fourth-order valence-corrected chi connectivity index (χ4v) is 8.47. The van der Waals surface area contributed by atoms with E-state index in [4.69, 9.17) is 4.74 Å². The molecule has 1 unspecified atom stereocenters. The van der Waals surface area contributed by atoms with Gasteiger partial charge < -0.3 is 14.6 Å². The van der Waals surface area contributed by atoms with Crippen molar-refractivity contribution in [3.05, 3.63) is 91.0 Å². The lowest BCUT2D eigenvalue weighted by Crippen LogP contribution is -2.45. The molecule has 29 heavy (non-hydrogen) atoms. The van der Waals surface area contributed by atoms with E-state index in [1.807, 2.05) is 91.0 Å². The summed E-state index contributed by atoms with van der Waals surface area (Å²) in [7, 11) is -2.70. The van der Waals surface area contributed by atoms with Crippen LogP contribution in [0.15, 0.2) is 91.0 Å². The molecule has 3 aromatic carbocycles. The Hall–Kier alpha value is -2.97. The van der Waals surface area contributed by atoms with E-state index in [0.29, 0.717) is 0 Å². The molecule has 0 radical (unpaired) electrons. The van der Waals surface area contributed by atoms with Crippen LogP contribution < -0.4 is 21.0 Å². The van der Waals surface area contributed by atoms with Crippen LogP contribution in [0.4, 0.5) is 0 Å². The summed E-state index contributed by atoms with van der Waals surface area (Å²) in [5.41, 5.74) is -0.889. The summed E-state index contributed by atoms with van der Waals surface area (Å²) in [5.74, 6) is -1.78. The zero-order valence-electron chi connectivity index (χ0n) is 16.2. The van der Waals surface area contributed by atoms with Crippen LogP contribution in [0.5, 0.6) is 0 Å². The Kier molecular flexibility index (Phi) is 6.79. The minimum atomic E-state index is -2.70. The number of benzene rings is 3. The van der Waals surface area contributed by atoms with Gasteiger partial charge >= 0.3 is 5.97 Å². The van der Waals surface area contributed by atoms with E-state index in [0.717, 1.165) is 15.9 Å². The molecule has 0 aliphatic heterocycles. The van der Waals surface area contributed by atoms with Crippen LogP contribution in [0, 0.1) is 0 Å². The highest BCUT2D eigenvalue weighted by atomic mass is 31.2. The number of aliphatic carboxylic acids is 1. The Morgan fingerprint density at radius 3 is 1.48 bits per heavy atom. The van der Waals surface area contributed by atoms with Gasteiger partial charge in [-0.25, -0.2) is 4.79 Å². The number of ether oxygens (including phenoxy) is 1. The zero-order chi connectivity index (χ0) is 20.7. The molecule has 3 rings (SSSR count). The Bertz CT molecular complexity index is 846. The first kappa shape index (κ1) is 20.8. The number of hydrogen-bond donors (Lipinski definition) is 0. The maximum absolute atomic E-state index is 13.2. The third-order valence-corrected chi connectivity index (χ3v) is 9.54. The number of carbonyl (C=O) groups is 2. The van der Waals surface area contributed by atoms with Crippen LogP contribution in [-0.2, 0) is 14.3 Å². The van der Waals surface area contributed by atoms with Crippen LogP contribution in [0.1, 0.15) is 13.3 Å². The molecule has 0 aliphatic carbocycles. The van der Waals surface area contributed by atoms with Crippen molar-refractivity contribution in [1.29, 1.82) is 0 Å². The highest BCUT2D eigenvalue weighted by Gasteiger charge is 2.56. The third kappa shape index (κ3) is 4.23. The predicted molar refractivity (Wildman–Crippen MR) is 115 cm³/mol. The molecule has 1 atom stereocenters. The second-order valence-corrected chi connectivity index (χ2v) is 10.2. The van der Waals surface area contributed by atoms with E-state index in [1.165, 1.54) is 0 Å². The molecule has 0 aromatic heterocycles. The molecule has 0 heterocycles. The van der Waals surface area contributed by atoms with Crippen molar-refractivity contribution >= 4 is 35.1 Å². The molecule has 0 N–H and O–H groups in total. The van der Waals surface area contributed by atoms with Crippen molar-refractivity contribution in [2.75, 3.05) is 6.61 Å². The molecule has 0 spiro atoms. The molecule has 148 valence electrons. The second kappa shape index (κ2) is 9.49. The number of hydrogen-bond acceptors (Lipinski definition) is 4. The van der Waals surface area contributed by atoms with E-state index in [-0.39, 0.29) is 6.61 Å². The molecule has 0 bridgehead atoms. The maximum atomic E-state index is 13.2. The van der Waals surface area contributed by atoms with Gasteiger partial charge in [-0.05, 0) is 43.3 Å². The summed E-state index contributed by atoms with van der Waals surface area (Å²) < 4.78 is 5.37. The van der Waals surface area contributed by atoms with Gasteiger partial charge in [-0.15, -0.1) is 0 Å². The Morgan fingerprint density at radius 2 is 1.17 bits per heavy atom. The largest absolute Gasteiger partial charge is 0.550 e. The molecule has 0 amide bonds. The highest BCUT2D eigenvalue weighted by Crippen LogP contribution is 2.61. The standard InChI is InChI=1S/C24H23O4P/c1-2-28-24(27)22(18-23(25)26)29(19-12-6-3-7-13-19,20-14-8-4-9-15-20)21-16-10-5-11-17-21/h3-17,22H,2,18H2,1H3. The smallest absolute Gasteiger partial charge is 0.348 e. The minimum absolute atomic E-state index is 0.181. The van der Waals surface area contributed by atoms with Gasteiger partial charge in [0.05, 0.1) is 6.61 Å². The van der Waals surface area contributed by atoms with Gasteiger partial charge in [0.25, 0.3) is 0 Å². The quantitative estimate of drug-likeness (QED) is 0.424. The topological polar surface area (TPSA) is 66.4 Å². The highest BCUT2D eigenvalue weighted by molar-refractivity contribution is 7.96. The van der Waals surface area contributed by atoms with Crippen LogP contribution in [0.3, 0.4) is 0 Å². The molecule has 0 aliphatic rings. The molecule has 0 fully saturated rings. The first-order chi connectivity index (χ1) is 14.1. The molecule has 0 saturated carbocycles. The lowest BCUT2D eigenvalue weighted by Gasteiger charge is -2.33. The van der Waals surface area contributed by atoms with E-state index in [9.17, 15) is 14.7 Å². The van der Waals surface area contributed by atoms with E-state index < -0.39 is 31.3 Å². The van der Waals surface area contributed by atoms with Gasteiger partial charge in [0.15, 0.2) is 5.66 Å². The normalized spacial score (nSPS) is 12.2. The molecule has 0 saturated heterocycles. The van der Waals surface area contributed by atoms with Crippen molar-refractivity contribution in [2.45, 2.75) is 19.0 Å². The second-order valence-electron chi connectivity index (χ2n) is 6.57. The van der Waals surface area contributed by atoms with Crippen molar-refractivity contribution in [2.24, 2.45) is 0 Å². The SMILES string of the molecule is CCOC(=O)C(CC(=O)[O-])[P+](c1ccccc1)(c1ccccc1)c1ccccc1. The van der Waals surface area contributed by atoms with Crippen LogP contribution >= 0.6 is 7.26 Å². The average Bonchev–Trinajstić information content (AvgIpc) is 2.76. The summed E-state index contributed by atoms with van der Waals surface area (Å²) in [6.45, 7) is 1.91. The zero-order valence-corrected chi connectivity index (χ0v) is 17.1. The number of carbonyl (C=O) groups excluding carboxylic acids is 2. The number of carboxylic acids is 1. The van der Waals surface area contributed by atoms with Gasteiger partial charge in [-0.3, -0.25) is 0 Å². The van der Waals surface area contributed by atoms with Crippen LogP contribution in [0.2, 0.25) is 0 Å². The number of carboxylic acid groups (broad SMARTS) is 1. The van der Waals surface area contributed by atoms with E-state index in [2.05, 4.69) is 0 Å². The molecule has 5 heteroatoms. The summed E-state index contributed by atoms with van der Waals surface area (Å²) in [5, 5.41) is 14.5. The van der Waals surface area contributed by atoms with Gasteiger partial charge in [-0.2, -0.15) is 0 Å². The molecule has 4 nitrogen and oxygen atoms in total. The number of rotatable bonds is 8. The Morgan fingerprint density at radius 1 is 0.793 bits per heavy atom. The van der Waals surface area contributed by atoms with Gasteiger partial charge in [0.2, 0.25) is 0 Å². The van der Waals surface area contributed by atoms with Crippen LogP contribution in [-0.4, -0.2) is 24.2 Å². The van der Waals surface area contributed by atoms with Crippen molar-refractivity contribution in [3.8, 4) is 0 Å². The van der Waals surface area contributed by atoms with E-state index in [1.54, 1.807) is 6.92 Å². The predicted octanol–water partition coefficient (Wildman–Crippen LogP) is 2.05. The van der Waals surface area contributed by atoms with Crippen molar-refractivity contribution < 1.29 is 19.4 Å². The molecular formula is C24H23O4P. The Balaban J connectivity index is 2.40. The van der Waals surface area contributed by atoms with Gasteiger partial charge in [0.1, 0.15) is 23.2 Å². The minimum Gasteiger partial charge on any atom is -0.550 e. The molecule has 3 aromatic rings. The fourth-order valence-electron chi connectivity index (χ4n) is 3.75. The average molecular weight is 406 g/mol. The first-order valence-corrected chi connectivity index (χ1v) is 11.4. The van der Waals surface area contributed by atoms with E-state index >= 15 is 0 Å². The summed E-state index contributed by atoms with van der Waals surface area (Å²) in [4.78, 5) is 24.9.